The first-order chi connectivity index (χ1) is 14.0. The quantitative estimate of drug-likeness (QED) is 0.784. The lowest BCUT2D eigenvalue weighted by Gasteiger charge is -2.36. The first-order valence-corrected chi connectivity index (χ1v) is 9.85. The van der Waals surface area contributed by atoms with Crippen LogP contribution < -0.4 is 20.3 Å². The fourth-order valence-corrected chi connectivity index (χ4v) is 3.36. The standard InChI is InChI=1S/C21H25ClN4O3/c1-15(20(27)24-18-8-3-4-9-19(18)29-2)23-21(28)26-12-10-25(11-13-26)17-7-5-6-16(22)14-17/h3-9,14-15H,10-13H2,1-2H3,(H,23,28)(H,24,27). The van der Waals surface area contributed by atoms with Crippen molar-refractivity contribution >= 4 is 34.9 Å². The molecule has 1 unspecified atom stereocenters. The van der Waals surface area contributed by atoms with E-state index >= 15 is 0 Å². The van der Waals surface area contributed by atoms with E-state index in [2.05, 4.69) is 15.5 Å². The largest absolute Gasteiger partial charge is 0.495 e. The normalized spacial score (nSPS) is 14.9. The molecule has 3 amide bonds. The number of carbonyl (C=O) groups is 2. The summed E-state index contributed by atoms with van der Waals surface area (Å²) < 4.78 is 5.23. The monoisotopic (exact) mass is 416 g/mol. The average Bonchev–Trinajstić information content (AvgIpc) is 2.74. The first kappa shape index (κ1) is 20.8. The summed E-state index contributed by atoms with van der Waals surface area (Å²) in [5.41, 5.74) is 1.61. The van der Waals surface area contributed by atoms with Gasteiger partial charge in [-0.15, -0.1) is 0 Å². The van der Waals surface area contributed by atoms with Crippen molar-refractivity contribution in [2.75, 3.05) is 43.5 Å². The Morgan fingerprint density at radius 2 is 1.79 bits per heavy atom. The number of carbonyl (C=O) groups excluding carboxylic acids is 2. The van der Waals surface area contributed by atoms with E-state index in [0.29, 0.717) is 42.6 Å². The van der Waals surface area contributed by atoms with Gasteiger partial charge in [-0.3, -0.25) is 4.79 Å². The molecular formula is C21H25ClN4O3. The second-order valence-electron chi connectivity index (χ2n) is 6.81. The number of rotatable bonds is 5. The Kier molecular flexibility index (Phi) is 6.82. The first-order valence-electron chi connectivity index (χ1n) is 9.48. The summed E-state index contributed by atoms with van der Waals surface area (Å²) in [5, 5.41) is 6.24. The number of para-hydroxylation sites is 2. The molecule has 8 heteroatoms. The Hall–Kier alpha value is -2.93. The molecule has 154 valence electrons. The third-order valence-corrected chi connectivity index (χ3v) is 5.07. The minimum atomic E-state index is -0.682. The Labute approximate surface area is 175 Å². The summed E-state index contributed by atoms with van der Waals surface area (Å²) in [6, 6.07) is 13.9. The predicted octanol–water partition coefficient (Wildman–Crippen LogP) is 3.21. The van der Waals surface area contributed by atoms with Crippen molar-refractivity contribution in [3.8, 4) is 5.75 Å². The van der Waals surface area contributed by atoms with Gasteiger partial charge in [0.25, 0.3) is 0 Å². The van der Waals surface area contributed by atoms with Crippen molar-refractivity contribution in [2.45, 2.75) is 13.0 Å². The van der Waals surface area contributed by atoms with E-state index in [1.807, 2.05) is 30.3 Å². The minimum absolute atomic E-state index is 0.251. The number of urea groups is 1. The van der Waals surface area contributed by atoms with Crippen LogP contribution >= 0.6 is 11.6 Å². The van der Waals surface area contributed by atoms with Gasteiger partial charge in [0.1, 0.15) is 11.8 Å². The van der Waals surface area contributed by atoms with Crippen LogP contribution in [-0.4, -0.2) is 56.2 Å². The SMILES string of the molecule is COc1ccccc1NC(=O)C(C)NC(=O)N1CCN(c2cccc(Cl)c2)CC1. The summed E-state index contributed by atoms with van der Waals surface area (Å²) in [6.45, 7) is 4.20. The lowest BCUT2D eigenvalue weighted by atomic mass is 10.2. The van der Waals surface area contributed by atoms with Gasteiger partial charge in [-0.1, -0.05) is 29.8 Å². The highest BCUT2D eigenvalue weighted by Crippen LogP contribution is 2.23. The molecule has 2 aromatic rings. The highest BCUT2D eigenvalue weighted by atomic mass is 35.5. The molecule has 0 saturated carbocycles. The number of nitrogens with one attached hydrogen (secondary N) is 2. The van der Waals surface area contributed by atoms with Crippen molar-refractivity contribution in [3.05, 3.63) is 53.6 Å². The van der Waals surface area contributed by atoms with Gasteiger partial charge in [0.15, 0.2) is 0 Å². The number of benzene rings is 2. The van der Waals surface area contributed by atoms with Gasteiger partial charge in [-0.25, -0.2) is 4.79 Å². The van der Waals surface area contributed by atoms with Gasteiger partial charge in [0.2, 0.25) is 5.91 Å². The van der Waals surface area contributed by atoms with Crippen molar-refractivity contribution in [2.24, 2.45) is 0 Å². The van der Waals surface area contributed by atoms with Crippen LogP contribution in [0.5, 0.6) is 5.75 Å². The van der Waals surface area contributed by atoms with E-state index in [1.54, 1.807) is 37.1 Å². The molecule has 1 fully saturated rings. The predicted molar refractivity (Wildman–Crippen MR) is 115 cm³/mol. The molecule has 7 nitrogen and oxygen atoms in total. The number of ether oxygens (including phenoxy) is 1. The second-order valence-corrected chi connectivity index (χ2v) is 7.25. The number of methoxy groups -OCH3 is 1. The van der Waals surface area contributed by atoms with Crippen molar-refractivity contribution in [1.29, 1.82) is 0 Å². The summed E-state index contributed by atoms with van der Waals surface area (Å²) >= 11 is 6.06. The molecular weight excluding hydrogens is 392 g/mol. The molecule has 0 radical (unpaired) electrons. The number of hydrogen-bond acceptors (Lipinski definition) is 4. The lowest BCUT2D eigenvalue weighted by molar-refractivity contribution is -0.117. The van der Waals surface area contributed by atoms with Crippen molar-refractivity contribution in [1.82, 2.24) is 10.2 Å². The zero-order valence-electron chi connectivity index (χ0n) is 16.5. The highest BCUT2D eigenvalue weighted by Gasteiger charge is 2.24. The number of amides is 3. The van der Waals surface area contributed by atoms with Crippen LogP contribution in [0.3, 0.4) is 0 Å². The van der Waals surface area contributed by atoms with Gasteiger partial charge >= 0.3 is 6.03 Å². The number of anilines is 2. The van der Waals surface area contributed by atoms with Crippen LogP contribution in [0.25, 0.3) is 0 Å². The molecule has 1 heterocycles. The Balaban J connectivity index is 1.50. The number of nitrogens with zero attached hydrogens (tertiary/aromatic N) is 2. The van der Waals surface area contributed by atoms with E-state index in [-0.39, 0.29) is 11.9 Å². The summed E-state index contributed by atoms with van der Waals surface area (Å²) in [5.74, 6) is 0.261. The Morgan fingerprint density at radius 1 is 1.07 bits per heavy atom. The van der Waals surface area contributed by atoms with Crippen LogP contribution in [0.2, 0.25) is 5.02 Å². The minimum Gasteiger partial charge on any atom is -0.495 e. The molecule has 0 aliphatic carbocycles. The van der Waals surface area contributed by atoms with Gasteiger partial charge in [0.05, 0.1) is 12.8 Å². The van der Waals surface area contributed by atoms with Crippen LogP contribution in [0.15, 0.2) is 48.5 Å². The van der Waals surface area contributed by atoms with Crippen LogP contribution in [-0.2, 0) is 4.79 Å². The smallest absolute Gasteiger partial charge is 0.318 e. The van der Waals surface area contributed by atoms with Crippen LogP contribution in [0.4, 0.5) is 16.2 Å². The van der Waals surface area contributed by atoms with Crippen molar-refractivity contribution < 1.29 is 14.3 Å². The number of piperazine rings is 1. The summed E-state index contributed by atoms with van der Waals surface area (Å²) in [4.78, 5) is 28.9. The zero-order chi connectivity index (χ0) is 20.8. The van der Waals surface area contributed by atoms with E-state index in [0.717, 1.165) is 5.69 Å². The maximum atomic E-state index is 12.6. The maximum Gasteiger partial charge on any atom is 0.318 e. The molecule has 2 N–H and O–H groups in total. The molecule has 0 bridgehead atoms. The van der Waals surface area contributed by atoms with Crippen LogP contribution in [0, 0.1) is 0 Å². The molecule has 29 heavy (non-hydrogen) atoms. The molecule has 2 aromatic carbocycles. The van der Waals surface area contributed by atoms with Gasteiger partial charge in [-0.2, -0.15) is 0 Å². The Bertz CT molecular complexity index is 869. The zero-order valence-corrected chi connectivity index (χ0v) is 17.3. The summed E-state index contributed by atoms with van der Waals surface area (Å²) in [6.07, 6.45) is 0. The summed E-state index contributed by atoms with van der Waals surface area (Å²) in [7, 11) is 1.54. The molecule has 1 saturated heterocycles. The van der Waals surface area contributed by atoms with Crippen LogP contribution in [0.1, 0.15) is 6.92 Å². The lowest BCUT2D eigenvalue weighted by Crippen LogP contribution is -2.54. The Morgan fingerprint density at radius 3 is 2.48 bits per heavy atom. The average molecular weight is 417 g/mol. The molecule has 1 aliphatic rings. The van der Waals surface area contributed by atoms with E-state index in [4.69, 9.17) is 16.3 Å². The van der Waals surface area contributed by atoms with Crippen molar-refractivity contribution in [3.63, 3.8) is 0 Å². The maximum absolute atomic E-state index is 12.6. The van der Waals surface area contributed by atoms with E-state index in [9.17, 15) is 9.59 Å². The molecule has 1 atom stereocenters. The van der Waals surface area contributed by atoms with Gasteiger partial charge in [-0.05, 0) is 37.3 Å². The third kappa shape index (κ3) is 5.32. The van der Waals surface area contributed by atoms with Gasteiger partial charge < -0.3 is 25.2 Å². The highest BCUT2D eigenvalue weighted by molar-refractivity contribution is 6.30. The molecule has 1 aliphatic heterocycles. The van der Waals surface area contributed by atoms with E-state index in [1.165, 1.54) is 0 Å². The topological polar surface area (TPSA) is 73.9 Å². The number of hydrogen-bond donors (Lipinski definition) is 2. The molecule has 0 aromatic heterocycles. The molecule has 3 rings (SSSR count). The van der Waals surface area contributed by atoms with Gasteiger partial charge in [0, 0.05) is 36.9 Å². The fraction of sp³-hybridized carbons (Fsp3) is 0.333. The van der Waals surface area contributed by atoms with E-state index < -0.39 is 6.04 Å². The molecule has 0 spiro atoms. The second kappa shape index (κ2) is 9.52. The number of halogens is 1. The third-order valence-electron chi connectivity index (χ3n) is 4.84. The fourth-order valence-electron chi connectivity index (χ4n) is 3.17.